The summed E-state index contributed by atoms with van der Waals surface area (Å²) in [5.41, 5.74) is 2.36. The number of carbonyl (C=O) groups is 2. The number of benzene rings is 3. The summed E-state index contributed by atoms with van der Waals surface area (Å²) in [6, 6.07) is 24.9. The Labute approximate surface area is 179 Å². The summed E-state index contributed by atoms with van der Waals surface area (Å²) >= 11 is 0. The monoisotopic (exact) mass is 412 g/mol. The van der Waals surface area contributed by atoms with E-state index in [2.05, 4.69) is 10.2 Å². The predicted octanol–water partition coefficient (Wildman–Crippen LogP) is 5.22. The number of hydrogen-bond donors (Lipinski definition) is 0. The molecule has 1 heterocycles. The van der Waals surface area contributed by atoms with Crippen molar-refractivity contribution >= 4 is 11.8 Å². The van der Waals surface area contributed by atoms with Crippen LogP contribution in [-0.4, -0.2) is 28.1 Å². The zero-order valence-corrected chi connectivity index (χ0v) is 16.9. The maximum Gasteiger partial charge on any atom is 0.338 e. The fraction of sp³-hybridized carbons (Fsp3) is 0.120. The molecule has 0 aliphatic carbocycles. The van der Waals surface area contributed by atoms with E-state index in [1.807, 2.05) is 43.3 Å². The van der Waals surface area contributed by atoms with Crippen molar-refractivity contribution in [3.05, 3.63) is 96.1 Å². The van der Waals surface area contributed by atoms with Crippen LogP contribution in [0.25, 0.3) is 22.9 Å². The molecule has 0 spiro atoms. The normalized spacial score (nSPS) is 11.6. The first kappa shape index (κ1) is 20.2. The van der Waals surface area contributed by atoms with E-state index in [4.69, 9.17) is 9.15 Å². The highest BCUT2D eigenvalue weighted by atomic mass is 16.5. The fourth-order valence-corrected chi connectivity index (χ4v) is 3.09. The molecule has 3 aromatic carbocycles. The standard InChI is InChI=1S/C25H20N2O4/c1-2-21(22(28)17-9-5-3-6-10-17)30-25(29)20-15-13-19(14-16-20)24-27-26-23(31-24)18-11-7-4-8-12-18/h3-16,21H,2H2,1H3/t21-/m1/s1. The van der Waals surface area contributed by atoms with Gasteiger partial charge in [0.25, 0.3) is 0 Å². The van der Waals surface area contributed by atoms with E-state index >= 15 is 0 Å². The van der Waals surface area contributed by atoms with Gasteiger partial charge in [-0.05, 0) is 42.8 Å². The first-order valence-electron chi connectivity index (χ1n) is 9.95. The van der Waals surface area contributed by atoms with Crippen molar-refractivity contribution in [3.63, 3.8) is 0 Å². The molecule has 1 atom stereocenters. The molecule has 0 saturated heterocycles. The van der Waals surface area contributed by atoms with E-state index in [-0.39, 0.29) is 5.78 Å². The minimum absolute atomic E-state index is 0.215. The number of ketones is 1. The van der Waals surface area contributed by atoms with Gasteiger partial charge in [-0.15, -0.1) is 10.2 Å². The molecule has 0 bridgehead atoms. The smallest absolute Gasteiger partial charge is 0.338 e. The number of esters is 1. The average Bonchev–Trinajstić information content (AvgIpc) is 3.33. The molecule has 4 aromatic rings. The third-order valence-corrected chi connectivity index (χ3v) is 4.78. The van der Waals surface area contributed by atoms with E-state index in [0.29, 0.717) is 34.9 Å². The fourth-order valence-electron chi connectivity index (χ4n) is 3.09. The van der Waals surface area contributed by atoms with E-state index in [0.717, 1.165) is 5.56 Å². The van der Waals surface area contributed by atoms with Gasteiger partial charge in [-0.1, -0.05) is 55.5 Å². The summed E-state index contributed by atoms with van der Waals surface area (Å²) in [6.07, 6.45) is -0.444. The molecule has 31 heavy (non-hydrogen) atoms. The molecule has 154 valence electrons. The minimum atomic E-state index is -0.834. The zero-order valence-electron chi connectivity index (χ0n) is 16.9. The Balaban J connectivity index is 1.46. The number of nitrogens with zero attached hydrogens (tertiary/aromatic N) is 2. The molecular formula is C25H20N2O4. The van der Waals surface area contributed by atoms with Gasteiger partial charge in [0, 0.05) is 16.7 Å². The quantitative estimate of drug-likeness (QED) is 0.306. The average molecular weight is 412 g/mol. The van der Waals surface area contributed by atoms with Gasteiger partial charge in [-0.25, -0.2) is 4.79 Å². The van der Waals surface area contributed by atoms with Crippen LogP contribution in [0.5, 0.6) is 0 Å². The SMILES string of the molecule is CC[C@@H](OC(=O)c1ccc(-c2nnc(-c3ccccc3)o2)cc1)C(=O)c1ccccc1. The van der Waals surface area contributed by atoms with Crippen molar-refractivity contribution in [2.45, 2.75) is 19.4 Å². The first-order chi connectivity index (χ1) is 15.2. The molecule has 0 aliphatic heterocycles. The summed E-state index contributed by atoms with van der Waals surface area (Å²) in [5, 5.41) is 8.15. The van der Waals surface area contributed by atoms with Crippen LogP contribution in [-0.2, 0) is 4.74 Å². The van der Waals surface area contributed by atoms with Gasteiger partial charge >= 0.3 is 5.97 Å². The van der Waals surface area contributed by atoms with E-state index in [1.165, 1.54) is 0 Å². The molecule has 1 aromatic heterocycles. The Morgan fingerprint density at radius 3 is 1.90 bits per heavy atom. The maximum atomic E-state index is 12.6. The largest absolute Gasteiger partial charge is 0.450 e. The van der Waals surface area contributed by atoms with Crippen molar-refractivity contribution in [2.24, 2.45) is 0 Å². The summed E-state index contributed by atoms with van der Waals surface area (Å²) in [4.78, 5) is 25.2. The zero-order chi connectivity index (χ0) is 21.6. The van der Waals surface area contributed by atoms with Crippen molar-refractivity contribution < 1.29 is 18.7 Å². The molecule has 6 nitrogen and oxygen atoms in total. The van der Waals surface area contributed by atoms with E-state index < -0.39 is 12.1 Å². The summed E-state index contributed by atoms with van der Waals surface area (Å²) in [5.74, 6) is -0.000634. The van der Waals surface area contributed by atoms with Crippen LogP contribution in [0.3, 0.4) is 0 Å². The highest BCUT2D eigenvalue weighted by molar-refractivity contribution is 6.01. The lowest BCUT2D eigenvalue weighted by Gasteiger charge is -2.15. The van der Waals surface area contributed by atoms with Crippen LogP contribution < -0.4 is 0 Å². The molecule has 6 heteroatoms. The predicted molar refractivity (Wildman–Crippen MR) is 115 cm³/mol. The van der Waals surface area contributed by atoms with Crippen molar-refractivity contribution in [2.75, 3.05) is 0 Å². The van der Waals surface area contributed by atoms with Crippen molar-refractivity contribution in [3.8, 4) is 22.9 Å². The lowest BCUT2D eigenvalue weighted by atomic mass is 10.0. The van der Waals surface area contributed by atoms with Crippen molar-refractivity contribution in [1.82, 2.24) is 10.2 Å². The molecule has 0 N–H and O–H groups in total. The van der Waals surface area contributed by atoms with Crippen LogP contribution in [0.1, 0.15) is 34.1 Å². The highest BCUT2D eigenvalue weighted by Crippen LogP contribution is 2.24. The van der Waals surface area contributed by atoms with Gasteiger partial charge in [-0.3, -0.25) is 4.79 Å². The Morgan fingerprint density at radius 1 is 0.774 bits per heavy atom. The van der Waals surface area contributed by atoms with Gasteiger partial charge in [-0.2, -0.15) is 0 Å². The Bertz CT molecular complexity index is 1170. The Morgan fingerprint density at radius 2 is 1.32 bits per heavy atom. The second kappa shape index (κ2) is 9.17. The third-order valence-electron chi connectivity index (χ3n) is 4.78. The van der Waals surface area contributed by atoms with Crippen LogP contribution in [0.15, 0.2) is 89.3 Å². The number of hydrogen-bond acceptors (Lipinski definition) is 6. The van der Waals surface area contributed by atoms with Crippen molar-refractivity contribution in [1.29, 1.82) is 0 Å². The third kappa shape index (κ3) is 4.59. The molecule has 0 fully saturated rings. The second-order valence-corrected chi connectivity index (χ2v) is 6.89. The van der Waals surface area contributed by atoms with Crippen LogP contribution >= 0.6 is 0 Å². The Kier molecular flexibility index (Phi) is 5.98. The summed E-state index contributed by atoms with van der Waals surface area (Å²) in [6.45, 7) is 1.81. The highest BCUT2D eigenvalue weighted by Gasteiger charge is 2.23. The molecule has 0 amide bonds. The molecule has 0 aliphatic rings. The molecule has 0 unspecified atom stereocenters. The minimum Gasteiger partial charge on any atom is -0.450 e. The van der Waals surface area contributed by atoms with Crippen LogP contribution in [0, 0.1) is 0 Å². The summed E-state index contributed by atoms with van der Waals surface area (Å²) in [7, 11) is 0. The number of Topliss-reactive ketones (excluding diaryl/α,β-unsaturated/α-hetero) is 1. The number of carbonyl (C=O) groups excluding carboxylic acids is 2. The Hall–Kier alpha value is -4.06. The number of aromatic nitrogens is 2. The summed E-state index contributed by atoms with van der Waals surface area (Å²) < 4.78 is 11.2. The maximum absolute atomic E-state index is 12.6. The first-order valence-corrected chi connectivity index (χ1v) is 9.95. The van der Waals surface area contributed by atoms with Crippen LogP contribution in [0.4, 0.5) is 0 Å². The molecular weight excluding hydrogens is 392 g/mol. The van der Waals surface area contributed by atoms with Gasteiger partial charge in [0.2, 0.25) is 17.6 Å². The van der Waals surface area contributed by atoms with E-state index in [9.17, 15) is 9.59 Å². The van der Waals surface area contributed by atoms with Crippen LogP contribution in [0.2, 0.25) is 0 Å². The topological polar surface area (TPSA) is 82.3 Å². The molecule has 0 radical (unpaired) electrons. The molecule has 4 rings (SSSR count). The second-order valence-electron chi connectivity index (χ2n) is 6.89. The van der Waals surface area contributed by atoms with Gasteiger partial charge in [0.05, 0.1) is 5.56 Å². The lowest BCUT2D eigenvalue weighted by molar-refractivity contribution is 0.0277. The number of ether oxygens (including phenoxy) is 1. The number of rotatable bonds is 7. The lowest BCUT2D eigenvalue weighted by Crippen LogP contribution is -2.26. The van der Waals surface area contributed by atoms with E-state index in [1.54, 1.807) is 48.5 Å². The van der Waals surface area contributed by atoms with Gasteiger partial charge in [0.15, 0.2) is 6.10 Å². The molecule has 0 saturated carbocycles. The van der Waals surface area contributed by atoms with Gasteiger partial charge in [0.1, 0.15) is 0 Å². The van der Waals surface area contributed by atoms with Gasteiger partial charge < -0.3 is 9.15 Å².